The molecule has 25 heavy (non-hydrogen) atoms. The lowest BCUT2D eigenvalue weighted by molar-refractivity contribution is -0.137. The number of anilines is 2. The van der Waals surface area contributed by atoms with Gasteiger partial charge in [0.25, 0.3) is 0 Å². The first-order valence-corrected chi connectivity index (χ1v) is 7.40. The topological polar surface area (TPSA) is 41.1 Å². The quantitative estimate of drug-likeness (QED) is 0.712. The van der Waals surface area contributed by atoms with Gasteiger partial charge in [-0.25, -0.2) is 8.78 Å². The largest absolute Gasteiger partial charge is 0.416 e. The van der Waals surface area contributed by atoms with E-state index >= 15 is 0 Å². The van der Waals surface area contributed by atoms with Crippen molar-refractivity contribution in [3.8, 4) is 0 Å². The van der Waals surface area contributed by atoms with Gasteiger partial charge in [-0.1, -0.05) is 11.6 Å². The molecule has 0 fully saturated rings. The van der Waals surface area contributed by atoms with Crippen LogP contribution in [0.1, 0.15) is 12.0 Å². The predicted octanol–water partition coefficient (Wildman–Crippen LogP) is 5.08. The Labute approximate surface area is 144 Å². The van der Waals surface area contributed by atoms with Crippen LogP contribution < -0.4 is 10.6 Å². The van der Waals surface area contributed by atoms with E-state index in [0.29, 0.717) is 6.07 Å². The lowest BCUT2D eigenvalue weighted by Crippen LogP contribution is -2.17. The average molecular weight is 379 g/mol. The standard InChI is InChI=1S/C16H12ClF5N2O/c17-11-3-1-9(16(20,21)22)7-14(11)24-15(25)5-6-23-13-4-2-10(18)8-12(13)19/h1-4,7-8,23H,5-6H2,(H,24,25). The Bertz CT molecular complexity index is 780. The van der Waals surface area contributed by atoms with Crippen molar-refractivity contribution in [2.24, 2.45) is 0 Å². The van der Waals surface area contributed by atoms with Crippen molar-refractivity contribution in [2.75, 3.05) is 17.2 Å². The zero-order chi connectivity index (χ0) is 18.6. The highest BCUT2D eigenvalue weighted by Crippen LogP contribution is 2.33. The van der Waals surface area contributed by atoms with E-state index in [1.54, 1.807) is 0 Å². The highest BCUT2D eigenvalue weighted by Gasteiger charge is 2.31. The van der Waals surface area contributed by atoms with Gasteiger partial charge in [0.1, 0.15) is 11.6 Å². The minimum atomic E-state index is -4.56. The van der Waals surface area contributed by atoms with Crippen LogP contribution in [0.15, 0.2) is 36.4 Å². The van der Waals surface area contributed by atoms with Gasteiger partial charge in [0.2, 0.25) is 5.91 Å². The molecule has 0 aromatic heterocycles. The van der Waals surface area contributed by atoms with Crippen molar-refractivity contribution in [3.05, 3.63) is 58.6 Å². The van der Waals surface area contributed by atoms with E-state index < -0.39 is 29.3 Å². The average Bonchev–Trinajstić information content (AvgIpc) is 2.50. The Kier molecular flexibility index (Phi) is 5.84. The first kappa shape index (κ1) is 19.0. The van der Waals surface area contributed by atoms with Gasteiger partial charge >= 0.3 is 6.18 Å². The fourth-order valence-electron chi connectivity index (χ4n) is 1.95. The third-order valence-electron chi connectivity index (χ3n) is 3.17. The molecule has 0 atom stereocenters. The SMILES string of the molecule is O=C(CCNc1ccc(F)cc1F)Nc1cc(C(F)(F)F)ccc1Cl. The van der Waals surface area contributed by atoms with E-state index in [2.05, 4.69) is 10.6 Å². The number of nitrogens with one attached hydrogen (secondary N) is 2. The van der Waals surface area contributed by atoms with Crippen LogP contribution in [0.4, 0.5) is 33.3 Å². The Morgan fingerprint density at radius 1 is 1.04 bits per heavy atom. The number of benzene rings is 2. The summed E-state index contributed by atoms with van der Waals surface area (Å²) in [4.78, 5) is 11.8. The van der Waals surface area contributed by atoms with E-state index in [-0.39, 0.29) is 29.4 Å². The number of carbonyl (C=O) groups is 1. The van der Waals surface area contributed by atoms with Crippen molar-refractivity contribution >= 4 is 28.9 Å². The molecule has 2 rings (SSSR count). The first-order chi connectivity index (χ1) is 11.7. The molecule has 0 saturated heterocycles. The molecule has 0 radical (unpaired) electrons. The number of hydrogen-bond donors (Lipinski definition) is 2. The molecular formula is C16H12ClF5N2O. The fourth-order valence-corrected chi connectivity index (χ4v) is 2.12. The van der Waals surface area contributed by atoms with Gasteiger partial charge < -0.3 is 10.6 Å². The van der Waals surface area contributed by atoms with Crippen molar-refractivity contribution in [1.29, 1.82) is 0 Å². The maximum atomic E-state index is 13.4. The Morgan fingerprint density at radius 2 is 1.76 bits per heavy atom. The summed E-state index contributed by atoms with van der Waals surface area (Å²) in [5.41, 5.74) is -1.11. The summed E-state index contributed by atoms with van der Waals surface area (Å²) in [6, 6.07) is 5.47. The van der Waals surface area contributed by atoms with Crippen LogP contribution in [0.5, 0.6) is 0 Å². The van der Waals surface area contributed by atoms with Crippen molar-refractivity contribution in [2.45, 2.75) is 12.6 Å². The molecule has 2 aromatic carbocycles. The van der Waals surface area contributed by atoms with Gasteiger partial charge in [0, 0.05) is 19.0 Å². The van der Waals surface area contributed by atoms with Crippen LogP contribution >= 0.6 is 11.6 Å². The lowest BCUT2D eigenvalue weighted by atomic mass is 10.2. The number of amides is 1. The number of rotatable bonds is 5. The van der Waals surface area contributed by atoms with Crippen molar-refractivity contribution < 1.29 is 26.7 Å². The van der Waals surface area contributed by atoms with Gasteiger partial charge in [-0.3, -0.25) is 4.79 Å². The minimum Gasteiger partial charge on any atom is -0.382 e. The second-order valence-corrected chi connectivity index (χ2v) is 5.45. The monoisotopic (exact) mass is 378 g/mol. The Morgan fingerprint density at radius 3 is 2.40 bits per heavy atom. The molecule has 0 heterocycles. The third-order valence-corrected chi connectivity index (χ3v) is 3.50. The van der Waals surface area contributed by atoms with Gasteiger partial charge in [-0.2, -0.15) is 13.2 Å². The summed E-state index contributed by atoms with van der Waals surface area (Å²) in [5, 5.41) is 4.82. The van der Waals surface area contributed by atoms with Crippen LogP contribution in [-0.2, 0) is 11.0 Å². The summed E-state index contributed by atoms with van der Waals surface area (Å²) in [6.45, 7) is -0.00896. The maximum absolute atomic E-state index is 13.4. The summed E-state index contributed by atoms with van der Waals surface area (Å²) in [7, 11) is 0. The van der Waals surface area contributed by atoms with E-state index in [1.807, 2.05) is 0 Å². The Balaban J connectivity index is 1.94. The van der Waals surface area contributed by atoms with Gasteiger partial charge in [-0.15, -0.1) is 0 Å². The van der Waals surface area contributed by atoms with Gasteiger partial charge in [0.05, 0.1) is 22.0 Å². The number of halogens is 6. The summed E-state index contributed by atoms with van der Waals surface area (Å²) >= 11 is 5.77. The molecule has 2 aromatic rings. The number of carbonyl (C=O) groups excluding carboxylic acids is 1. The molecule has 3 nitrogen and oxygen atoms in total. The molecule has 2 N–H and O–H groups in total. The summed E-state index contributed by atoms with van der Waals surface area (Å²) < 4.78 is 64.2. The van der Waals surface area contributed by atoms with E-state index in [4.69, 9.17) is 11.6 Å². The van der Waals surface area contributed by atoms with Crippen molar-refractivity contribution in [1.82, 2.24) is 0 Å². The molecule has 0 saturated carbocycles. The third kappa shape index (κ3) is 5.32. The van der Waals surface area contributed by atoms with E-state index in [0.717, 1.165) is 24.3 Å². The number of hydrogen-bond acceptors (Lipinski definition) is 2. The molecule has 0 bridgehead atoms. The predicted molar refractivity (Wildman–Crippen MR) is 84.5 cm³/mol. The van der Waals surface area contributed by atoms with Crippen LogP contribution in [0.25, 0.3) is 0 Å². The molecule has 0 unspecified atom stereocenters. The van der Waals surface area contributed by atoms with Crippen LogP contribution in [0.3, 0.4) is 0 Å². The number of alkyl halides is 3. The lowest BCUT2D eigenvalue weighted by Gasteiger charge is -2.12. The Hall–Kier alpha value is -2.35. The second-order valence-electron chi connectivity index (χ2n) is 5.04. The van der Waals surface area contributed by atoms with Crippen molar-refractivity contribution in [3.63, 3.8) is 0 Å². The molecule has 9 heteroatoms. The van der Waals surface area contributed by atoms with E-state index in [9.17, 15) is 26.7 Å². The van der Waals surface area contributed by atoms with Crippen LogP contribution in [-0.4, -0.2) is 12.5 Å². The smallest absolute Gasteiger partial charge is 0.382 e. The molecule has 0 spiro atoms. The molecular weight excluding hydrogens is 367 g/mol. The second kappa shape index (κ2) is 7.69. The summed E-state index contributed by atoms with van der Waals surface area (Å²) in [6.07, 6.45) is -4.73. The molecule has 1 amide bonds. The molecule has 134 valence electrons. The normalized spacial score (nSPS) is 11.3. The van der Waals surface area contributed by atoms with Crippen LogP contribution in [0, 0.1) is 11.6 Å². The van der Waals surface area contributed by atoms with Crippen LogP contribution in [0.2, 0.25) is 5.02 Å². The maximum Gasteiger partial charge on any atom is 0.416 e. The highest BCUT2D eigenvalue weighted by molar-refractivity contribution is 6.33. The zero-order valence-electron chi connectivity index (χ0n) is 12.6. The minimum absolute atomic E-state index is 0.00583. The van der Waals surface area contributed by atoms with E-state index in [1.165, 1.54) is 6.07 Å². The zero-order valence-corrected chi connectivity index (χ0v) is 13.3. The van der Waals surface area contributed by atoms with Gasteiger partial charge in [-0.05, 0) is 30.3 Å². The highest BCUT2D eigenvalue weighted by atomic mass is 35.5. The molecule has 0 aliphatic heterocycles. The molecule has 0 aliphatic carbocycles. The fraction of sp³-hybridized carbons (Fsp3) is 0.188. The first-order valence-electron chi connectivity index (χ1n) is 7.02. The molecule has 0 aliphatic rings. The van der Waals surface area contributed by atoms with Gasteiger partial charge in [0.15, 0.2) is 0 Å². The summed E-state index contributed by atoms with van der Waals surface area (Å²) in [5.74, 6) is -2.17.